The number of aromatic amines is 1. The molecule has 1 atom stereocenters. The van der Waals surface area contributed by atoms with E-state index in [2.05, 4.69) is 24.7 Å². The topological polar surface area (TPSA) is 97.6 Å². The first-order valence-electron chi connectivity index (χ1n) is 10.3. The number of ketones is 1. The zero-order valence-corrected chi connectivity index (χ0v) is 19.9. The number of nitrogen functional groups attached to an aromatic ring is 1. The number of ether oxygens (including phenoxy) is 2. The summed E-state index contributed by atoms with van der Waals surface area (Å²) in [7, 11) is 2.12. The quantitative estimate of drug-likeness (QED) is 0.338. The Bertz CT molecular complexity index is 1340. The van der Waals surface area contributed by atoms with Crippen molar-refractivity contribution in [1.29, 1.82) is 0 Å². The van der Waals surface area contributed by atoms with Crippen LogP contribution in [-0.2, 0) is 19.9 Å². The Morgan fingerprint density at radius 3 is 2.56 bits per heavy atom. The van der Waals surface area contributed by atoms with Crippen molar-refractivity contribution in [2.45, 2.75) is 24.2 Å². The predicted octanol–water partition coefficient (Wildman–Crippen LogP) is 3.20. The van der Waals surface area contributed by atoms with Crippen molar-refractivity contribution in [1.82, 2.24) is 9.29 Å². The van der Waals surface area contributed by atoms with Gasteiger partial charge in [0.25, 0.3) is 0 Å². The van der Waals surface area contributed by atoms with E-state index in [0.29, 0.717) is 34.1 Å². The molecule has 0 saturated carbocycles. The first-order chi connectivity index (χ1) is 15.0. The highest BCUT2D eigenvalue weighted by Gasteiger charge is 2.41. The van der Waals surface area contributed by atoms with Crippen LogP contribution < -0.4 is 10.5 Å². The largest absolute Gasteiger partial charge is 0.490 e. The van der Waals surface area contributed by atoms with Gasteiger partial charge >= 0.3 is 0 Å². The zero-order valence-electron chi connectivity index (χ0n) is 19.1. The summed E-state index contributed by atoms with van der Waals surface area (Å²) in [6.07, 6.45) is 0. The molecule has 0 saturated heterocycles. The summed E-state index contributed by atoms with van der Waals surface area (Å²) in [6, 6.07) is 9.01. The molecule has 1 heterocycles. The lowest BCUT2D eigenvalue weighted by Gasteiger charge is -2.33. The number of carbonyl (C=O) groups excluding carboxylic acids is 1. The lowest BCUT2D eigenvalue weighted by atomic mass is 9.71. The Hall–Kier alpha value is -2.81. The summed E-state index contributed by atoms with van der Waals surface area (Å²) >= 11 is 0. The zero-order chi connectivity index (χ0) is 23.4. The maximum absolute atomic E-state index is 13.7. The van der Waals surface area contributed by atoms with Gasteiger partial charge in [-0.1, -0.05) is 19.9 Å². The van der Waals surface area contributed by atoms with Crippen LogP contribution in [0.2, 0.25) is 0 Å². The molecule has 0 radical (unpaired) electrons. The number of fused-ring (bicyclic) bond motifs is 4. The van der Waals surface area contributed by atoms with Gasteiger partial charge in [-0.15, -0.1) is 0 Å². The standard InChI is InChI=1S/C24H29N3O4S/c1-24(2)17-13-19(31-10-9-30-5)20(32(6,29)27(3)4)12-16(17)22(28)21-15-8-7-14(25)11-18(15)26-23(21)24/h7-8,11-13,26H,6,9-10,25H2,1-5H3. The molecule has 0 bridgehead atoms. The van der Waals surface area contributed by atoms with Crippen molar-refractivity contribution in [2.24, 2.45) is 0 Å². The van der Waals surface area contributed by atoms with Crippen LogP contribution in [0.25, 0.3) is 10.9 Å². The van der Waals surface area contributed by atoms with Crippen LogP contribution in [0.15, 0.2) is 35.2 Å². The molecule has 32 heavy (non-hydrogen) atoms. The maximum Gasteiger partial charge on any atom is 0.195 e. The number of hydrogen-bond donors (Lipinski definition) is 2. The van der Waals surface area contributed by atoms with Gasteiger partial charge in [-0.25, -0.2) is 8.51 Å². The number of nitrogens with zero attached hydrogens (tertiary/aromatic N) is 1. The van der Waals surface area contributed by atoms with Gasteiger partial charge in [0.1, 0.15) is 12.4 Å². The van der Waals surface area contributed by atoms with Gasteiger partial charge in [0.2, 0.25) is 0 Å². The number of H-pyrrole nitrogens is 1. The van der Waals surface area contributed by atoms with Gasteiger partial charge in [0, 0.05) is 40.4 Å². The third-order valence-electron chi connectivity index (χ3n) is 6.16. The molecule has 1 unspecified atom stereocenters. The van der Waals surface area contributed by atoms with Crippen LogP contribution in [0.4, 0.5) is 5.69 Å². The van der Waals surface area contributed by atoms with E-state index in [-0.39, 0.29) is 12.4 Å². The van der Waals surface area contributed by atoms with Gasteiger partial charge < -0.3 is 20.2 Å². The Kier molecular flexibility index (Phi) is 5.35. The number of methoxy groups -OCH3 is 1. The fraction of sp³-hybridized carbons (Fsp3) is 0.333. The van der Waals surface area contributed by atoms with Crippen molar-refractivity contribution < 1.29 is 18.5 Å². The van der Waals surface area contributed by atoms with E-state index in [1.165, 1.54) is 0 Å². The normalized spacial score (nSPS) is 16.6. The highest BCUT2D eigenvalue weighted by molar-refractivity contribution is 7.98. The molecule has 8 heteroatoms. The lowest BCUT2D eigenvalue weighted by Crippen LogP contribution is -2.31. The number of aromatic nitrogens is 1. The third kappa shape index (κ3) is 3.30. The fourth-order valence-corrected chi connectivity index (χ4v) is 5.38. The molecule has 4 rings (SSSR count). The lowest BCUT2D eigenvalue weighted by molar-refractivity contribution is 0.103. The molecule has 170 valence electrons. The van der Waals surface area contributed by atoms with Crippen molar-refractivity contribution in [2.75, 3.05) is 40.2 Å². The Morgan fingerprint density at radius 1 is 1.19 bits per heavy atom. The van der Waals surface area contributed by atoms with E-state index in [1.54, 1.807) is 37.6 Å². The van der Waals surface area contributed by atoms with Gasteiger partial charge in [-0.3, -0.25) is 4.79 Å². The first kappa shape index (κ1) is 22.4. The molecule has 0 fully saturated rings. The average Bonchev–Trinajstić information content (AvgIpc) is 3.11. The minimum absolute atomic E-state index is 0.121. The Labute approximate surface area is 188 Å². The average molecular weight is 456 g/mol. The molecule has 2 aromatic carbocycles. The van der Waals surface area contributed by atoms with Crippen molar-refractivity contribution in [3.63, 3.8) is 0 Å². The summed E-state index contributed by atoms with van der Waals surface area (Å²) < 4.78 is 26.1. The van der Waals surface area contributed by atoms with Gasteiger partial charge in [-0.2, -0.15) is 0 Å². The highest BCUT2D eigenvalue weighted by Crippen LogP contribution is 2.46. The number of anilines is 1. The fourth-order valence-electron chi connectivity index (χ4n) is 4.25. The molecule has 1 aromatic heterocycles. The second-order valence-corrected chi connectivity index (χ2v) is 11.2. The Morgan fingerprint density at radius 2 is 1.91 bits per heavy atom. The van der Waals surface area contributed by atoms with Crippen molar-refractivity contribution >= 4 is 38.0 Å². The van der Waals surface area contributed by atoms with Gasteiger partial charge in [-0.05, 0) is 49.8 Å². The number of nitrogens with one attached hydrogen (secondary N) is 1. The molecule has 1 aliphatic carbocycles. The summed E-state index contributed by atoms with van der Waals surface area (Å²) in [6.45, 7) is 4.78. The van der Waals surface area contributed by atoms with Crippen molar-refractivity contribution in [3.05, 3.63) is 52.7 Å². The third-order valence-corrected chi connectivity index (χ3v) is 8.34. The Balaban J connectivity index is 1.99. The van der Waals surface area contributed by atoms with E-state index in [1.807, 2.05) is 18.2 Å². The van der Waals surface area contributed by atoms with E-state index in [4.69, 9.17) is 15.2 Å². The molecule has 0 amide bonds. The second-order valence-electron chi connectivity index (χ2n) is 8.77. The smallest absolute Gasteiger partial charge is 0.195 e. The van der Waals surface area contributed by atoms with Gasteiger partial charge in [0.15, 0.2) is 5.78 Å². The van der Waals surface area contributed by atoms with Crippen molar-refractivity contribution in [3.8, 4) is 5.75 Å². The second kappa shape index (κ2) is 7.65. The number of carbonyl (C=O) groups is 1. The van der Waals surface area contributed by atoms with Gasteiger partial charge in [0.05, 0.1) is 26.8 Å². The molecule has 3 aromatic rings. The number of hydrogen-bond acceptors (Lipinski definition) is 5. The monoisotopic (exact) mass is 455 g/mol. The molecule has 3 N–H and O–H groups in total. The maximum atomic E-state index is 13.7. The molecular weight excluding hydrogens is 426 g/mol. The number of benzene rings is 2. The minimum atomic E-state index is -2.86. The highest BCUT2D eigenvalue weighted by atomic mass is 32.2. The van der Waals surface area contributed by atoms with Crippen LogP contribution in [0.3, 0.4) is 0 Å². The predicted molar refractivity (Wildman–Crippen MR) is 129 cm³/mol. The summed E-state index contributed by atoms with van der Waals surface area (Å²) in [4.78, 5) is 17.5. The van der Waals surface area contributed by atoms with Crippen LogP contribution in [0.1, 0.15) is 41.0 Å². The SMILES string of the molecule is C=S(=O)(c1cc2c(cc1OCCOC)C(C)(C)c1[nH]c3cc(N)ccc3c1C2=O)N(C)C. The van der Waals surface area contributed by atoms with E-state index in [9.17, 15) is 9.00 Å². The van der Waals surface area contributed by atoms with Crippen LogP contribution in [0, 0.1) is 0 Å². The summed E-state index contributed by atoms with van der Waals surface area (Å²) in [5.41, 5.74) is 9.64. The van der Waals surface area contributed by atoms with E-state index in [0.717, 1.165) is 22.2 Å². The molecule has 1 aliphatic rings. The minimum Gasteiger partial charge on any atom is -0.490 e. The van der Waals surface area contributed by atoms with Crippen LogP contribution >= 0.6 is 0 Å². The first-order valence-corrected chi connectivity index (χ1v) is 12.0. The van der Waals surface area contributed by atoms with Crippen LogP contribution in [-0.4, -0.2) is 59.6 Å². The molecular formula is C24H29N3O4S. The number of rotatable bonds is 6. The molecule has 0 aliphatic heterocycles. The molecule has 0 spiro atoms. The van der Waals surface area contributed by atoms with E-state index < -0.39 is 15.1 Å². The van der Waals surface area contributed by atoms with Crippen LogP contribution in [0.5, 0.6) is 5.75 Å². The summed E-state index contributed by atoms with van der Waals surface area (Å²) in [5, 5.41) is 0.822. The number of nitrogens with two attached hydrogens (primary N) is 1. The summed E-state index contributed by atoms with van der Waals surface area (Å²) in [5.74, 6) is 4.27. The molecule has 7 nitrogen and oxygen atoms in total. The van der Waals surface area contributed by atoms with E-state index >= 15 is 0 Å².